The summed E-state index contributed by atoms with van der Waals surface area (Å²) in [6, 6.07) is 3.70. The van der Waals surface area contributed by atoms with Crippen LogP contribution in [-0.2, 0) is 16.4 Å². The van der Waals surface area contributed by atoms with E-state index in [2.05, 4.69) is 25.3 Å². The lowest BCUT2D eigenvalue weighted by molar-refractivity contribution is 0.579. The van der Waals surface area contributed by atoms with E-state index in [1.807, 2.05) is 6.07 Å². The number of guanidine groups is 1. The summed E-state index contributed by atoms with van der Waals surface area (Å²) in [5.74, 6) is 0.786. The molecule has 0 atom stereocenters. The van der Waals surface area contributed by atoms with E-state index in [4.69, 9.17) is 11.6 Å². The van der Waals surface area contributed by atoms with Crippen LogP contribution < -0.4 is 15.4 Å². The van der Waals surface area contributed by atoms with Crippen LogP contribution in [0.3, 0.4) is 0 Å². The third-order valence-electron chi connectivity index (χ3n) is 3.07. The molecule has 1 aromatic rings. The predicted octanol–water partition coefficient (Wildman–Crippen LogP) is 1.39. The minimum absolute atomic E-state index is 0. The van der Waals surface area contributed by atoms with Gasteiger partial charge in [-0.25, -0.2) is 18.1 Å². The number of sulfonamides is 1. The molecule has 3 N–H and O–H groups in total. The summed E-state index contributed by atoms with van der Waals surface area (Å²) in [5.41, 5.74) is 1.09. The van der Waals surface area contributed by atoms with Gasteiger partial charge in [0, 0.05) is 32.9 Å². The smallest absolute Gasteiger partial charge is 0.211 e. The third-order valence-corrected chi connectivity index (χ3v) is 4.69. The van der Waals surface area contributed by atoms with Crippen LogP contribution in [-0.4, -0.2) is 51.8 Å². The van der Waals surface area contributed by atoms with Crippen molar-refractivity contribution in [2.24, 2.45) is 4.99 Å². The monoisotopic (exact) mass is 489 g/mol. The van der Waals surface area contributed by atoms with Gasteiger partial charge in [0.25, 0.3) is 0 Å². The van der Waals surface area contributed by atoms with Gasteiger partial charge in [-0.3, -0.25) is 4.99 Å². The van der Waals surface area contributed by atoms with Crippen LogP contribution in [0.25, 0.3) is 0 Å². The van der Waals surface area contributed by atoms with Gasteiger partial charge in [0.05, 0.1) is 5.75 Å². The van der Waals surface area contributed by atoms with Crippen molar-refractivity contribution in [3.8, 4) is 0 Å². The van der Waals surface area contributed by atoms with Crippen molar-refractivity contribution in [2.45, 2.75) is 19.8 Å². The molecule has 0 saturated heterocycles. The minimum atomic E-state index is -3.11. The maximum absolute atomic E-state index is 11.3. The summed E-state index contributed by atoms with van der Waals surface area (Å²) < 4.78 is 25.1. The zero-order valence-electron chi connectivity index (χ0n) is 13.9. The van der Waals surface area contributed by atoms with E-state index in [1.165, 1.54) is 0 Å². The van der Waals surface area contributed by atoms with Gasteiger partial charge >= 0.3 is 0 Å². The molecule has 0 aliphatic rings. The van der Waals surface area contributed by atoms with Gasteiger partial charge < -0.3 is 10.6 Å². The van der Waals surface area contributed by atoms with Crippen molar-refractivity contribution in [3.63, 3.8) is 0 Å². The van der Waals surface area contributed by atoms with E-state index >= 15 is 0 Å². The Balaban J connectivity index is 0.00000529. The lowest BCUT2D eigenvalue weighted by Crippen LogP contribution is -2.39. The Hall–Kier alpha value is -0.650. The highest BCUT2D eigenvalue weighted by atomic mass is 127. The van der Waals surface area contributed by atoms with Crippen molar-refractivity contribution in [1.82, 2.24) is 20.3 Å². The van der Waals surface area contributed by atoms with Gasteiger partial charge in [-0.15, -0.1) is 24.0 Å². The van der Waals surface area contributed by atoms with Crippen molar-refractivity contribution in [1.29, 1.82) is 0 Å². The second-order valence-corrected chi connectivity index (χ2v) is 7.30. The van der Waals surface area contributed by atoms with Gasteiger partial charge in [0.15, 0.2) is 5.96 Å². The van der Waals surface area contributed by atoms with Crippen LogP contribution in [0.2, 0.25) is 5.15 Å². The Kier molecular flexibility index (Phi) is 12.3. The molecular formula is C14H25ClIN5O2S. The van der Waals surface area contributed by atoms with Crippen LogP contribution >= 0.6 is 35.6 Å². The Labute approximate surface area is 166 Å². The van der Waals surface area contributed by atoms with Crippen molar-refractivity contribution in [3.05, 3.63) is 29.0 Å². The fraction of sp³-hybridized carbons (Fsp3) is 0.571. The largest absolute Gasteiger partial charge is 0.356 e. The molecule has 7 nitrogen and oxygen atoms in total. The van der Waals surface area contributed by atoms with E-state index < -0.39 is 10.0 Å². The number of halogens is 2. The van der Waals surface area contributed by atoms with Gasteiger partial charge in [-0.05, 0) is 31.4 Å². The van der Waals surface area contributed by atoms with E-state index in [9.17, 15) is 8.42 Å². The second-order valence-electron chi connectivity index (χ2n) is 4.82. The third kappa shape index (κ3) is 10.3. The zero-order valence-corrected chi connectivity index (χ0v) is 17.8. The van der Waals surface area contributed by atoms with Crippen LogP contribution in [0.5, 0.6) is 0 Å². The van der Waals surface area contributed by atoms with Crippen molar-refractivity contribution in [2.75, 3.05) is 32.4 Å². The summed E-state index contributed by atoms with van der Waals surface area (Å²) >= 11 is 5.74. The van der Waals surface area contributed by atoms with Crippen LogP contribution in [0.4, 0.5) is 0 Å². The SMILES string of the molecule is CCS(=O)(=O)NCCCNC(=NC)NCCc1ccc(Cl)nc1.I. The minimum Gasteiger partial charge on any atom is -0.356 e. The van der Waals surface area contributed by atoms with E-state index in [0.29, 0.717) is 37.2 Å². The summed E-state index contributed by atoms with van der Waals surface area (Å²) in [4.78, 5) is 8.14. The molecule has 0 amide bonds. The molecule has 0 aliphatic carbocycles. The highest BCUT2D eigenvalue weighted by molar-refractivity contribution is 14.0. The second kappa shape index (κ2) is 12.7. The quantitative estimate of drug-likeness (QED) is 0.160. The Morgan fingerprint density at radius 1 is 1.25 bits per heavy atom. The molecule has 0 fully saturated rings. The molecule has 0 radical (unpaired) electrons. The number of hydrogen-bond acceptors (Lipinski definition) is 4. The maximum Gasteiger partial charge on any atom is 0.211 e. The Bertz CT molecular complexity index is 596. The van der Waals surface area contributed by atoms with Gasteiger partial charge in [-0.2, -0.15) is 0 Å². The van der Waals surface area contributed by atoms with Crippen molar-refractivity contribution < 1.29 is 8.42 Å². The first kappa shape index (κ1) is 23.4. The van der Waals surface area contributed by atoms with E-state index in [0.717, 1.165) is 12.0 Å². The maximum atomic E-state index is 11.3. The zero-order chi connectivity index (χ0) is 17.1. The molecule has 10 heteroatoms. The van der Waals surface area contributed by atoms with Gasteiger partial charge in [0.1, 0.15) is 5.15 Å². The molecule has 0 aromatic carbocycles. The number of aromatic nitrogens is 1. The fourth-order valence-corrected chi connectivity index (χ4v) is 2.50. The number of rotatable bonds is 9. The molecule has 0 spiro atoms. The number of aliphatic imine (C=N–C) groups is 1. The van der Waals surface area contributed by atoms with E-state index in [1.54, 1.807) is 26.2 Å². The number of nitrogens with one attached hydrogen (secondary N) is 3. The first-order valence-corrected chi connectivity index (χ1v) is 9.52. The van der Waals surface area contributed by atoms with Crippen LogP contribution in [0.1, 0.15) is 18.9 Å². The van der Waals surface area contributed by atoms with E-state index in [-0.39, 0.29) is 29.7 Å². The molecule has 138 valence electrons. The normalized spacial score (nSPS) is 11.7. The van der Waals surface area contributed by atoms with Crippen molar-refractivity contribution >= 4 is 51.6 Å². The Morgan fingerprint density at radius 2 is 1.96 bits per heavy atom. The van der Waals surface area contributed by atoms with Gasteiger partial charge in [-0.1, -0.05) is 17.7 Å². The number of hydrogen-bond donors (Lipinski definition) is 3. The molecular weight excluding hydrogens is 465 g/mol. The molecule has 0 unspecified atom stereocenters. The first-order chi connectivity index (χ1) is 11.0. The van der Waals surface area contributed by atoms with Gasteiger partial charge in [0.2, 0.25) is 10.0 Å². The number of nitrogens with zero attached hydrogens (tertiary/aromatic N) is 2. The average Bonchev–Trinajstić information content (AvgIpc) is 2.54. The summed E-state index contributed by atoms with van der Waals surface area (Å²) in [5, 5.41) is 6.81. The summed E-state index contributed by atoms with van der Waals surface area (Å²) in [6.07, 6.45) is 3.24. The topological polar surface area (TPSA) is 95.5 Å². The lowest BCUT2D eigenvalue weighted by Gasteiger charge is -2.12. The standard InChI is InChI=1S/C14H24ClN5O2S.HI/c1-3-23(21,22)20-9-4-8-17-14(16-2)18-10-7-12-5-6-13(15)19-11-12;/h5-6,11,20H,3-4,7-10H2,1-2H3,(H2,16,17,18);1H. The predicted molar refractivity (Wildman–Crippen MR) is 110 cm³/mol. The van der Waals surface area contributed by atoms with Crippen LogP contribution in [0, 0.1) is 0 Å². The first-order valence-electron chi connectivity index (χ1n) is 7.49. The molecule has 0 bridgehead atoms. The molecule has 0 saturated carbocycles. The molecule has 1 aromatic heterocycles. The van der Waals surface area contributed by atoms with Crippen LogP contribution in [0.15, 0.2) is 23.3 Å². The highest BCUT2D eigenvalue weighted by Gasteiger charge is 2.04. The Morgan fingerprint density at radius 3 is 2.54 bits per heavy atom. The average molecular weight is 490 g/mol. The summed E-state index contributed by atoms with van der Waals surface area (Å²) in [7, 11) is -1.42. The molecule has 24 heavy (non-hydrogen) atoms. The molecule has 0 aliphatic heterocycles. The summed E-state index contributed by atoms with van der Waals surface area (Å²) in [6.45, 7) is 3.37. The number of pyridine rings is 1. The highest BCUT2D eigenvalue weighted by Crippen LogP contribution is 2.05. The fourth-order valence-electron chi connectivity index (χ4n) is 1.73. The molecule has 1 rings (SSSR count). The molecule has 1 heterocycles. The lowest BCUT2D eigenvalue weighted by atomic mass is 10.2.